The molecule has 1 fully saturated rings. The Morgan fingerprint density at radius 2 is 2.22 bits per heavy atom. The first kappa shape index (κ1) is 13.6. The minimum Gasteiger partial charge on any atom is -0.311 e. The molecule has 1 aliphatic rings. The molecule has 0 amide bonds. The minimum absolute atomic E-state index is 0.212. The van der Waals surface area contributed by atoms with Gasteiger partial charge in [-0.1, -0.05) is 6.92 Å². The topological polar surface area (TPSA) is 33.1 Å². The van der Waals surface area contributed by atoms with Crippen LogP contribution in [0.1, 0.15) is 38.6 Å². The summed E-state index contributed by atoms with van der Waals surface area (Å²) in [5.74, 6) is 0. The molecule has 4 nitrogen and oxygen atoms in total. The number of hydrogen-bond acceptors (Lipinski definition) is 3. The number of hydrogen-bond donors (Lipinski definition) is 1. The van der Waals surface area contributed by atoms with Crippen molar-refractivity contribution >= 4 is 0 Å². The average molecular weight is 250 g/mol. The number of aryl methyl sites for hydroxylation is 2. The third kappa shape index (κ3) is 2.75. The lowest BCUT2D eigenvalue weighted by Crippen LogP contribution is -2.61. The molecule has 0 aromatic carbocycles. The quantitative estimate of drug-likeness (QED) is 0.886. The Balaban J connectivity index is 2.12. The lowest BCUT2D eigenvalue weighted by molar-refractivity contribution is 0.0555. The third-order valence-corrected chi connectivity index (χ3v) is 4.06. The molecular weight excluding hydrogens is 224 g/mol. The van der Waals surface area contributed by atoms with Crippen molar-refractivity contribution in [3.05, 3.63) is 17.5 Å². The summed E-state index contributed by atoms with van der Waals surface area (Å²) in [6.07, 6.45) is 1.19. The fourth-order valence-corrected chi connectivity index (χ4v) is 2.64. The van der Waals surface area contributed by atoms with Gasteiger partial charge < -0.3 is 5.32 Å². The molecule has 2 rings (SSSR count). The number of piperazine rings is 1. The molecule has 1 atom stereocenters. The van der Waals surface area contributed by atoms with Gasteiger partial charge in [-0.25, -0.2) is 0 Å². The number of rotatable bonds is 3. The van der Waals surface area contributed by atoms with Gasteiger partial charge in [-0.05, 0) is 33.3 Å². The lowest BCUT2D eigenvalue weighted by atomic mass is 9.96. The Morgan fingerprint density at radius 3 is 2.78 bits per heavy atom. The largest absolute Gasteiger partial charge is 0.311 e. The van der Waals surface area contributed by atoms with Gasteiger partial charge in [-0.3, -0.25) is 9.58 Å². The number of nitrogens with zero attached hydrogens (tertiary/aromatic N) is 3. The number of nitrogens with one attached hydrogen (secondary N) is 1. The molecule has 1 unspecified atom stereocenters. The van der Waals surface area contributed by atoms with Gasteiger partial charge in [0.25, 0.3) is 0 Å². The van der Waals surface area contributed by atoms with Crippen LogP contribution in [0.4, 0.5) is 0 Å². The van der Waals surface area contributed by atoms with Crippen molar-refractivity contribution in [2.24, 2.45) is 7.05 Å². The van der Waals surface area contributed by atoms with Crippen molar-refractivity contribution in [2.45, 2.75) is 52.2 Å². The van der Waals surface area contributed by atoms with Crippen molar-refractivity contribution in [3.63, 3.8) is 0 Å². The van der Waals surface area contributed by atoms with Gasteiger partial charge in [-0.15, -0.1) is 0 Å². The van der Waals surface area contributed by atoms with Gasteiger partial charge in [0, 0.05) is 38.3 Å². The standard InChI is InChI=1S/C14H26N4/c1-6-12-8-18(14(3,4)10-15-12)9-13-7-11(2)16-17(13)5/h7,12,15H,6,8-10H2,1-5H3. The fraction of sp³-hybridized carbons (Fsp3) is 0.786. The van der Waals surface area contributed by atoms with Crippen molar-refractivity contribution in [1.29, 1.82) is 0 Å². The molecule has 18 heavy (non-hydrogen) atoms. The van der Waals surface area contributed by atoms with E-state index in [9.17, 15) is 0 Å². The molecule has 4 heteroatoms. The monoisotopic (exact) mass is 250 g/mol. The zero-order valence-electron chi connectivity index (χ0n) is 12.3. The highest BCUT2D eigenvalue weighted by molar-refractivity contribution is 5.09. The van der Waals surface area contributed by atoms with Crippen LogP contribution >= 0.6 is 0 Å². The Bertz CT molecular complexity index is 408. The predicted molar refractivity (Wildman–Crippen MR) is 74.5 cm³/mol. The minimum atomic E-state index is 0.212. The zero-order valence-corrected chi connectivity index (χ0v) is 12.3. The summed E-state index contributed by atoms with van der Waals surface area (Å²) < 4.78 is 2.01. The SMILES string of the molecule is CCC1CN(Cc2cc(C)nn2C)C(C)(C)CN1. The summed E-state index contributed by atoms with van der Waals surface area (Å²) in [6, 6.07) is 2.81. The highest BCUT2D eigenvalue weighted by atomic mass is 15.3. The summed E-state index contributed by atoms with van der Waals surface area (Å²) >= 11 is 0. The van der Waals surface area contributed by atoms with Crippen LogP contribution < -0.4 is 5.32 Å². The van der Waals surface area contributed by atoms with Crippen LogP contribution in [0, 0.1) is 6.92 Å². The Kier molecular flexibility index (Phi) is 3.78. The maximum absolute atomic E-state index is 4.44. The van der Waals surface area contributed by atoms with Gasteiger partial charge in [0.2, 0.25) is 0 Å². The summed E-state index contributed by atoms with van der Waals surface area (Å²) in [4.78, 5) is 2.58. The zero-order chi connectivity index (χ0) is 13.3. The second-order valence-electron chi connectivity index (χ2n) is 6.08. The molecule has 0 aliphatic carbocycles. The molecular formula is C14H26N4. The van der Waals surface area contributed by atoms with Crippen molar-refractivity contribution in [3.8, 4) is 0 Å². The molecule has 0 radical (unpaired) electrons. The van der Waals surface area contributed by atoms with Gasteiger partial charge in [0.05, 0.1) is 11.4 Å². The molecule has 1 aromatic heterocycles. The van der Waals surface area contributed by atoms with Crippen molar-refractivity contribution < 1.29 is 0 Å². The molecule has 1 N–H and O–H groups in total. The van der Waals surface area contributed by atoms with Crippen LogP contribution in [0.25, 0.3) is 0 Å². The normalized spacial score (nSPS) is 24.4. The molecule has 0 saturated carbocycles. The van der Waals surface area contributed by atoms with Crippen LogP contribution in [0.5, 0.6) is 0 Å². The Morgan fingerprint density at radius 1 is 1.50 bits per heavy atom. The van der Waals surface area contributed by atoms with Gasteiger partial charge in [0.1, 0.15) is 0 Å². The molecule has 1 saturated heterocycles. The van der Waals surface area contributed by atoms with Gasteiger partial charge in [-0.2, -0.15) is 5.10 Å². The molecule has 2 heterocycles. The third-order valence-electron chi connectivity index (χ3n) is 4.06. The van der Waals surface area contributed by atoms with E-state index in [0.29, 0.717) is 6.04 Å². The maximum Gasteiger partial charge on any atom is 0.0597 e. The van der Waals surface area contributed by atoms with E-state index in [1.54, 1.807) is 0 Å². The first-order chi connectivity index (χ1) is 8.42. The highest BCUT2D eigenvalue weighted by Crippen LogP contribution is 2.22. The van der Waals surface area contributed by atoms with Crippen LogP contribution in [0.2, 0.25) is 0 Å². The first-order valence-electron chi connectivity index (χ1n) is 6.90. The second kappa shape index (κ2) is 5.02. The second-order valence-corrected chi connectivity index (χ2v) is 6.08. The van der Waals surface area contributed by atoms with Crippen molar-refractivity contribution in [1.82, 2.24) is 20.0 Å². The summed E-state index contributed by atoms with van der Waals surface area (Å²) in [7, 11) is 2.04. The van der Waals surface area contributed by atoms with Crippen molar-refractivity contribution in [2.75, 3.05) is 13.1 Å². The van der Waals surface area contributed by atoms with Crippen LogP contribution in [-0.4, -0.2) is 39.4 Å². The summed E-state index contributed by atoms with van der Waals surface area (Å²) in [6.45, 7) is 12.1. The van der Waals surface area contributed by atoms with Gasteiger partial charge in [0.15, 0.2) is 0 Å². The molecule has 1 aliphatic heterocycles. The smallest absolute Gasteiger partial charge is 0.0597 e. The highest BCUT2D eigenvalue weighted by Gasteiger charge is 2.33. The van der Waals surface area contributed by atoms with Crippen LogP contribution in [0.15, 0.2) is 6.07 Å². The van der Waals surface area contributed by atoms with E-state index in [4.69, 9.17) is 0 Å². The van der Waals surface area contributed by atoms with E-state index >= 15 is 0 Å². The lowest BCUT2D eigenvalue weighted by Gasteiger charge is -2.46. The molecule has 102 valence electrons. The van der Waals surface area contributed by atoms with E-state index in [1.807, 2.05) is 11.7 Å². The fourth-order valence-electron chi connectivity index (χ4n) is 2.64. The summed E-state index contributed by atoms with van der Waals surface area (Å²) in [5, 5.41) is 8.07. The van der Waals surface area contributed by atoms with Crippen LogP contribution in [0.3, 0.4) is 0 Å². The molecule has 1 aromatic rings. The van der Waals surface area contributed by atoms with Crippen LogP contribution in [-0.2, 0) is 13.6 Å². The average Bonchev–Trinajstić information content (AvgIpc) is 2.60. The maximum atomic E-state index is 4.44. The predicted octanol–water partition coefficient (Wildman–Crippen LogP) is 1.69. The summed E-state index contributed by atoms with van der Waals surface area (Å²) in [5.41, 5.74) is 2.62. The Labute approximate surface area is 110 Å². The molecule has 0 bridgehead atoms. The van der Waals surface area contributed by atoms with Gasteiger partial charge >= 0.3 is 0 Å². The molecule has 0 spiro atoms. The Hall–Kier alpha value is -0.870. The first-order valence-corrected chi connectivity index (χ1v) is 6.90. The van der Waals surface area contributed by atoms with E-state index < -0.39 is 0 Å². The van der Waals surface area contributed by atoms with E-state index in [1.165, 1.54) is 12.1 Å². The van der Waals surface area contributed by atoms with E-state index in [0.717, 1.165) is 25.3 Å². The van der Waals surface area contributed by atoms with E-state index in [-0.39, 0.29) is 5.54 Å². The van der Waals surface area contributed by atoms with E-state index in [2.05, 4.69) is 49.1 Å². The number of aromatic nitrogens is 2.